The second-order valence-corrected chi connectivity index (χ2v) is 2.95. The fourth-order valence-electron chi connectivity index (χ4n) is 0.839. The highest BCUT2D eigenvalue weighted by Gasteiger charge is 2.10. The van der Waals surface area contributed by atoms with Gasteiger partial charge in [-0.15, -0.1) is 0 Å². The number of aliphatic hydroxyl groups excluding tert-OH is 1. The summed E-state index contributed by atoms with van der Waals surface area (Å²) < 4.78 is 5.90. The molecule has 0 fully saturated rings. The van der Waals surface area contributed by atoms with E-state index in [0.717, 1.165) is 5.76 Å². The Morgan fingerprint density at radius 2 is 2.45 bits per heavy atom. The van der Waals surface area contributed by atoms with Gasteiger partial charge in [-0.2, -0.15) is 0 Å². The number of rotatable bonds is 3. The predicted octanol–water partition coefficient (Wildman–Crippen LogP) is 1.29. The topological polar surface area (TPSA) is 45.4 Å². The second kappa shape index (κ2) is 3.90. The SMILES string of the molecule is CNC(CO)c1ccc(Br)o1. The lowest BCUT2D eigenvalue weighted by molar-refractivity contribution is 0.232. The van der Waals surface area contributed by atoms with Crippen LogP contribution in [0, 0.1) is 0 Å². The molecule has 1 aromatic rings. The quantitative estimate of drug-likeness (QED) is 0.806. The van der Waals surface area contributed by atoms with Crippen molar-refractivity contribution in [3.63, 3.8) is 0 Å². The van der Waals surface area contributed by atoms with Gasteiger partial charge in [0, 0.05) is 0 Å². The lowest BCUT2D eigenvalue weighted by Crippen LogP contribution is -2.19. The van der Waals surface area contributed by atoms with Gasteiger partial charge in [0.2, 0.25) is 0 Å². The lowest BCUT2D eigenvalue weighted by atomic mass is 10.2. The zero-order valence-electron chi connectivity index (χ0n) is 6.17. The van der Waals surface area contributed by atoms with Crippen LogP contribution in [-0.4, -0.2) is 18.8 Å². The maximum atomic E-state index is 8.85. The van der Waals surface area contributed by atoms with Crippen molar-refractivity contribution >= 4 is 15.9 Å². The maximum Gasteiger partial charge on any atom is 0.169 e. The molecule has 11 heavy (non-hydrogen) atoms. The Labute approximate surface area is 73.5 Å². The van der Waals surface area contributed by atoms with Crippen LogP contribution in [0.15, 0.2) is 21.2 Å². The maximum absolute atomic E-state index is 8.85. The normalized spacial score (nSPS) is 13.4. The Morgan fingerprint density at radius 1 is 1.73 bits per heavy atom. The van der Waals surface area contributed by atoms with Crippen LogP contribution in [0.2, 0.25) is 0 Å². The molecule has 0 spiro atoms. The lowest BCUT2D eigenvalue weighted by Gasteiger charge is -2.08. The van der Waals surface area contributed by atoms with Gasteiger partial charge in [-0.1, -0.05) is 0 Å². The zero-order chi connectivity index (χ0) is 8.27. The highest BCUT2D eigenvalue weighted by atomic mass is 79.9. The van der Waals surface area contributed by atoms with Crippen molar-refractivity contribution in [1.82, 2.24) is 5.32 Å². The molecule has 2 N–H and O–H groups in total. The molecular formula is C7H10BrNO2. The van der Waals surface area contributed by atoms with Gasteiger partial charge in [-0.25, -0.2) is 0 Å². The fourth-order valence-corrected chi connectivity index (χ4v) is 1.16. The predicted molar refractivity (Wildman–Crippen MR) is 45.3 cm³/mol. The Bertz CT molecular complexity index is 220. The average molecular weight is 220 g/mol. The van der Waals surface area contributed by atoms with Crippen LogP contribution in [-0.2, 0) is 0 Å². The van der Waals surface area contributed by atoms with E-state index in [2.05, 4.69) is 21.2 Å². The van der Waals surface area contributed by atoms with Crippen molar-refractivity contribution in [2.75, 3.05) is 13.7 Å². The summed E-state index contributed by atoms with van der Waals surface area (Å²) in [5.41, 5.74) is 0. The molecule has 0 amide bonds. The molecule has 1 unspecified atom stereocenters. The van der Waals surface area contributed by atoms with Gasteiger partial charge in [0.15, 0.2) is 4.67 Å². The van der Waals surface area contributed by atoms with Crippen LogP contribution in [0.4, 0.5) is 0 Å². The van der Waals surface area contributed by atoms with Gasteiger partial charge in [0.25, 0.3) is 0 Å². The molecule has 4 heteroatoms. The van der Waals surface area contributed by atoms with E-state index in [1.54, 1.807) is 13.1 Å². The number of likely N-dealkylation sites (N-methyl/N-ethyl adjacent to an activating group) is 1. The number of halogens is 1. The van der Waals surface area contributed by atoms with Crippen molar-refractivity contribution in [2.24, 2.45) is 0 Å². The monoisotopic (exact) mass is 219 g/mol. The number of aliphatic hydroxyl groups is 1. The summed E-state index contributed by atoms with van der Waals surface area (Å²) >= 11 is 3.18. The van der Waals surface area contributed by atoms with Crippen molar-refractivity contribution in [1.29, 1.82) is 0 Å². The van der Waals surface area contributed by atoms with Gasteiger partial charge in [0.05, 0.1) is 12.6 Å². The molecule has 0 bridgehead atoms. The molecular weight excluding hydrogens is 210 g/mol. The largest absolute Gasteiger partial charge is 0.453 e. The Balaban J connectivity index is 2.73. The third-order valence-corrected chi connectivity index (χ3v) is 1.89. The summed E-state index contributed by atoms with van der Waals surface area (Å²) in [5, 5.41) is 11.8. The minimum absolute atomic E-state index is 0.0381. The molecule has 62 valence electrons. The molecule has 1 aromatic heterocycles. The van der Waals surface area contributed by atoms with Crippen LogP contribution >= 0.6 is 15.9 Å². The van der Waals surface area contributed by atoms with E-state index in [9.17, 15) is 0 Å². The summed E-state index contributed by atoms with van der Waals surface area (Å²) in [5.74, 6) is 0.738. The average Bonchev–Trinajstić information content (AvgIpc) is 2.39. The summed E-state index contributed by atoms with van der Waals surface area (Å²) in [4.78, 5) is 0. The first-order valence-corrected chi connectivity index (χ1v) is 4.10. The molecule has 0 aliphatic carbocycles. The van der Waals surface area contributed by atoms with E-state index in [1.165, 1.54) is 0 Å². The fraction of sp³-hybridized carbons (Fsp3) is 0.429. The Hall–Kier alpha value is -0.320. The van der Waals surface area contributed by atoms with Crippen LogP contribution in [0.3, 0.4) is 0 Å². The van der Waals surface area contributed by atoms with Gasteiger partial charge >= 0.3 is 0 Å². The third-order valence-electron chi connectivity index (χ3n) is 1.47. The first kappa shape index (κ1) is 8.77. The molecule has 0 aliphatic rings. The summed E-state index contributed by atoms with van der Waals surface area (Å²) in [6, 6.07) is 3.51. The molecule has 0 saturated heterocycles. The van der Waals surface area contributed by atoms with Crippen molar-refractivity contribution in [3.8, 4) is 0 Å². The molecule has 1 atom stereocenters. The third kappa shape index (κ3) is 2.05. The van der Waals surface area contributed by atoms with E-state index in [1.807, 2.05) is 6.07 Å². The molecule has 0 aliphatic heterocycles. The van der Waals surface area contributed by atoms with Gasteiger partial charge in [0.1, 0.15) is 5.76 Å². The second-order valence-electron chi connectivity index (χ2n) is 2.17. The standard InChI is InChI=1S/C7H10BrNO2/c1-9-5(4-10)6-2-3-7(8)11-6/h2-3,5,9-10H,4H2,1H3. The van der Waals surface area contributed by atoms with E-state index < -0.39 is 0 Å². The molecule has 0 aromatic carbocycles. The van der Waals surface area contributed by atoms with Gasteiger partial charge in [-0.3, -0.25) is 0 Å². The highest BCUT2D eigenvalue weighted by molar-refractivity contribution is 9.10. The van der Waals surface area contributed by atoms with Crippen LogP contribution < -0.4 is 5.32 Å². The van der Waals surface area contributed by atoms with Crippen molar-refractivity contribution in [2.45, 2.75) is 6.04 Å². The minimum Gasteiger partial charge on any atom is -0.453 e. The number of hydrogen-bond donors (Lipinski definition) is 2. The molecule has 1 rings (SSSR count). The summed E-state index contributed by atoms with van der Waals surface area (Å²) in [6.45, 7) is 0.0381. The first-order valence-electron chi connectivity index (χ1n) is 3.31. The van der Waals surface area contributed by atoms with Crippen LogP contribution in [0.25, 0.3) is 0 Å². The van der Waals surface area contributed by atoms with E-state index in [-0.39, 0.29) is 12.6 Å². The minimum atomic E-state index is -0.110. The van der Waals surface area contributed by atoms with E-state index in [4.69, 9.17) is 9.52 Å². The zero-order valence-corrected chi connectivity index (χ0v) is 7.76. The van der Waals surface area contributed by atoms with Gasteiger partial charge in [-0.05, 0) is 35.1 Å². The molecule has 1 heterocycles. The molecule has 0 radical (unpaired) electrons. The number of furan rings is 1. The Morgan fingerprint density at radius 3 is 2.82 bits per heavy atom. The van der Waals surface area contributed by atoms with E-state index in [0.29, 0.717) is 4.67 Å². The van der Waals surface area contributed by atoms with Crippen LogP contribution in [0.1, 0.15) is 11.8 Å². The van der Waals surface area contributed by atoms with Crippen molar-refractivity contribution in [3.05, 3.63) is 22.6 Å². The summed E-state index contributed by atoms with van der Waals surface area (Å²) in [6.07, 6.45) is 0. The van der Waals surface area contributed by atoms with Gasteiger partial charge < -0.3 is 14.8 Å². The number of hydrogen-bond acceptors (Lipinski definition) is 3. The highest BCUT2D eigenvalue weighted by Crippen LogP contribution is 2.19. The van der Waals surface area contributed by atoms with E-state index >= 15 is 0 Å². The first-order chi connectivity index (χ1) is 5.27. The molecule has 3 nitrogen and oxygen atoms in total. The smallest absolute Gasteiger partial charge is 0.169 e. The summed E-state index contributed by atoms with van der Waals surface area (Å²) in [7, 11) is 1.78. The molecule has 0 saturated carbocycles. The van der Waals surface area contributed by atoms with Crippen molar-refractivity contribution < 1.29 is 9.52 Å². The van der Waals surface area contributed by atoms with Crippen LogP contribution in [0.5, 0.6) is 0 Å². The number of nitrogens with one attached hydrogen (secondary N) is 1. The Kier molecular flexibility index (Phi) is 3.11.